The van der Waals surface area contributed by atoms with Crippen LogP contribution in [0.4, 0.5) is 0 Å². The maximum atomic E-state index is 6.16. The van der Waals surface area contributed by atoms with Crippen molar-refractivity contribution in [3.63, 3.8) is 0 Å². The van der Waals surface area contributed by atoms with Crippen LogP contribution in [0.3, 0.4) is 0 Å². The van der Waals surface area contributed by atoms with E-state index in [0.29, 0.717) is 0 Å². The minimum atomic E-state index is 0.135. The van der Waals surface area contributed by atoms with Crippen LogP contribution in [0, 0.1) is 6.92 Å². The monoisotopic (exact) mass is 300 g/mol. The second-order valence-corrected chi connectivity index (χ2v) is 5.23. The normalized spacial score (nSPS) is 12.1. The van der Waals surface area contributed by atoms with Gasteiger partial charge in [-0.15, -0.1) is 0 Å². The fourth-order valence-electron chi connectivity index (χ4n) is 1.92. The minimum absolute atomic E-state index is 0.135. The molecule has 0 heterocycles. The summed E-state index contributed by atoms with van der Waals surface area (Å²) in [4.78, 5) is 0. The molecule has 0 saturated carbocycles. The van der Waals surface area contributed by atoms with E-state index in [4.69, 9.17) is 4.74 Å². The molecule has 2 heteroatoms. The van der Waals surface area contributed by atoms with Crippen molar-refractivity contribution in [3.8, 4) is 5.75 Å². The molecule has 2 aromatic rings. The van der Waals surface area contributed by atoms with E-state index in [2.05, 4.69) is 54.1 Å². The fourth-order valence-corrected chi connectivity index (χ4v) is 2.41. The predicted octanol–water partition coefficient (Wildman–Crippen LogP) is 4.09. The van der Waals surface area contributed by atoms with Crippen LogP contribution in [0.1, 0.15) is 23.7 Å². The summed E-state index contributed by atoms with van der Waals surface area (Å²) >= 11 is 2.63. The van der Waals surface area contributed by atoms with Crippen molar-refractivity contribution >= 4 is 16.9 Å². The van der Waals surface area contributed by atoms with Crippen LogP contribution in [0.15, 0.2) is 54.6 Å². The number of hydrogen-bond acceptors (Lipinski definition) is 1. The Kier molecular flexibility index (Phi) is 4.89. The van der Waals surface area contributed by atoms with E-state index in [1.807, 2.05) is 24.3 Å². The van der Waals surface area contributed by atoms with Crippen LogP contribution in [-0.4, -0.2) is 16.9 Å². The molecule has 0 fully saturated rings. The Morgan fingerprint density at radius 3 is 2.33 bits per heavy atom. The van der Waals surface area contributed by atoms with Crippen LogP contribution in [0.2, 0.25) is 5.21 Å². The van der Waals surface area contributed by atoms with Crippen molar-refractivity contribution in [1.82, 2.24) is 0 Å². The van der Waals surface area contributed by atoms with Gasteiger partial charge in [-0.25, -0.2) is 0 Å². The third-order valence-corrected chi connectivity index (χ3v) is 3.47. The Balaban J connectivity index is 2.19. The number of rotatable bonds is 5. The van der Waals surface area contributed by atoms with Gasteiger partial charge in [-0.2, -0.15) is 0 Å². The van der Waals surface area contributed by atoms with Gasteiger partial charge < -0.3 is 0 Å². The van der Waals surface area contributed by atoms with E-state index in [1.54, 1.807) is 0 Å². The zero-order valence-corrected chi connectivity index (χ0v) is 12.4. The summed E-state index contributed by atoms with van der Waals surface area (Å²) < 4.78 is 6.16. The Hall–Kier alpha value is -1.20. The summed E-state index contributed by atoms with van der Waals surface area (Å²) in [6.45, 7) is 2.08. The summed E-state index contributed by atoms with van der Waals surface area (Å²) in [5.41, 5.74) is 2.43. The number of ether oxygens (including phenoxy) is 1. The molecule has 0 aromatic heterocycles. The topological polar surface area (TPSA) is 9.23 Å². The van der Waals surface area contributed by atoms with Gasteiger partial charge in [0.25, 0.3) is 0 Å². The fraction of sp³-hybridized carbons (Fsp3) is 0.250. The van der Waals surface area contributed by atoms with Crippen LogP contribution in [-0.2, 0) is 0 Å². The summed E-state index contributed by atoms with van der Waals surface area (Å²) in [5.74, 6) is 0.979. The van der Waals surface area contributed by atoms with Gasteiger partial charge in [0.15, 0.2) is 0 Å². The van der Waals surface area contributed by atoms with Crippen molar-refractivity contribution in [2.45, 2.75) is 24.7 Å². The average Bonchev–Trinajstić information content (AvgIpc) is 2.42. The van der Waals surface area contributed by atoms with Gasteiger partial charge in [-0.1, -0.05) is 0 Å². The van der Waals surface area contributed by atoms with Gasteiger partial charge in [0.05, 0.1) is 0 Å². The molecular weight excluding hydrogens is 283 g/mol. The third kappa shape index (κ3) is 3.40. The molecule has 1 nitrogen and oxygen atoms in total. The summed E-state index contributed by atoms with van der Waals surface area (Å²) in [6.07, 6.45) is 1.15. The second-order valence-electron chi connectivity index (χ2n) is 4.29. The van der Waals surface area contributed by atoms with Gasteiger partial charge in [0.2, 0.25) is 0 Å². The number of aryl methyl sites for hydroxylation is 1. The molecule has 0 saturated heterocycles. The van der Waals surface area contributed by atoms with Crippen LogP contribution in [0.5, 0.6) is 5.75 Å². The van der Waals surface area contributed by atoms with Crippen molar-refractivity contribution in [3.05, 3.63) is 65.7 Å². The maximum absolute atomic E-state index is 6.16. The van der Waals surface area contributed by atoms with E-state index < -0.39 is 0 Å². The van der Waals surface area contributed by atoms with Crippen LogP contribution >= 0.6 is 0 Å². The number of hydrogen-bond donors (Lipinski definition) is 0. The molecule has 2 aromatic carbocycles. The molecule has 1 atom stereocenters. The molecule has 92 valence electrons. The zero-order valence-electron chi connectivity index (χ0n) is 10.5. The molecular formula is C16H17AsO. The summed E-state index contributed by atoms with van der Waals surface area (Å²) in [5, 5.41) is 1.05. The molecule has 0 bridgehead atoms. The van der Waals surface area contributed by atoms with Gasteiger partial charge in [-0.05, 0) is 0 Å². The van der Waals surface area contributed by atoms with Crippen molar-refractivity contribution in [1.29, 1.82) is 0 Å². The standard InChI is InChI=1S/C16H17AsO/c1-13-7-5-6-10-15(13)18-16(11-12-17)14-8-3-2-4-9-14/h2-10,16H,11-12H2,1H3. The molecule has 18 heavy (non-hydrogen) atoms. The van der Waals surface area contributed by atoms with Crippen LogP contribution in [0.25, 0.3) is 0 Å². The molecule has 0 aliphatic rings. The van der Waals surface area contributed by atoms with Crippen LogP contribution < -0.4 is 4.74 Å². The molecule has 0 amide bonds. The first-order valence-electron chi connectivity index (χ1n) is 6.19. The van der Waals surface area contributed by atoms with Gasteiger partial charge in [0.1, 0.15) is 0 Å². The first-order valence-corrected chi connectivity index (χ1v) is 7.52. The summed E-state index contributed by atoms with van der Waals surface area (Å²) in [6, 6.07) is 18.6. The van der Waals surface area contributed by atoms with E-state index in [1.165, 1.54) is 11.1 Å². The van der Waals surface area contributed by atoms with Gasteiger partial charge >= 0.3 is 118 Å². The molecule has 2 rings (SSSR count). The first-order chi connectivity index (χ1) is 8.81. The molecule has 0 aliphatic carbocycles. The zero-order chi connectivity index (χ0) is 12.8. The number of benzene rings is 2. The quantitative estimate of drug-likeness (QED) is 0.756. The summed E-state index contributed by atoms with van der Waals surface area (Å²) in [7, 11) is 0. The molecule has 2 radical (unpaired) electrons. The molecule has 0 aliphatic heterocycles. The molecule has 0 N–H and O–H groups in total. The second kappa shape index (κ2) is 6.66. The Bertz CT molecular complexity index is 481. The third-order valence-electron chi connectivity index (χ3n) is 2.93. The first kappa shape index (κ1) is 13.2. The van der Waals surface area contributed by atoms with Crippen molar-refractivity contribution in [2.24, 2.45) is 0 Å². The molecule has 0 spiro atoms. The van der Waals surface area contributed by atoms with E-state index in [0.717, 1.165) is 17.4 Å². The predicted molar refractivity (Wildman–Crippen MR) is 76.2 cm³/mol. The Labute approximate surface area is 118 Å². The van der Waals surface area contributed by atoms with E-state index >= 15 is 0 Å². The van der Waals surface area contributed by atoms with E-state index in [-0.39, 0.29) is 6.10 Å². The SMILES string of the molecule is Cc1ccccc1OC(CC[As])c1ccccc1. The van der Waals surface area contributed by atoms with Crippen molar-refractivity contribution in [2.75, 3.05) is 0 Å². The number of para-hydroxylation sites is 1. The van der Waals surface area contributed by atoms with Crippen molar-refractivity contribution < 1.29 is 4.74 Å². The van der Waals surface area contributed by atoms with E-state index in [9.17, 15) is 0 Å². The average molecular weight is 300 g/mol. The van der Waals surface area contributed by atoms with Gasteiger partial charge in [-0.3, -0.25) is 0 Å². The Morgan fingerprint density at radius 1 is 1.00 bits per heavy atom. The Morgan fingerprint density at radius 2 is 1.67 bits per heavy atom. The van der Waals surface area contributed by atoms with Gasteiger partial charge in [0, 0.05) is 0 Å². The molecule has 1 unspecified atom stereocenters.